The number of carbonyl (C=O) groups excluding carboxylic acids is 1. The zero-order valence-corrected chi connectivity index (χ0v) is 8.37. The SMILES string of the molecule is Nc1ccc2c(c1)CCC(=O)N2CCF. The zero-order valence-electron chi connectivity index (χ0n) is 8.37. The molecular weight excluding hydrogens is 195 g/mol. The van der Waals surface area contributed by atoms with Gasteiger partial charge in [-0.15, -0.1) is 0 Å². The summed E-state index contributed by atoms with van der Waals surface area (Å²) in [5.74, 6) is -0.00933. The summed E-state index contributed by atoms with van der Waals surface area (Å²) >= 11 is 0. The van der Waals surface area contributed by atoms with Crippen LogP contribution in [-0.2, 0) is 11.2 Å². The van der Waals surface area contributed by atoms with Crippen molar-refractivity contribution in [3.05, 3.63) is 23.8 Å². The van der Waals surface area contributed by atoms with Crippen LogP contribution in [-0.4, -0.2) is 19.1 Å². The maximum atomic E-state index is 12.3. The number of hydrogen-bond donors (Lipinski definition) is 1. The van der Waals surface area contributed by atoms with Gasteiger partial charge in [0.15, 0.2) is 0 Å². The van der Waals surface area contributed by atoms with E-state index in [1.807, 2.05) is 6.07 Å². The van der Waals surface area contributed by atoms with Crippen LogP contribution in [0.15, 0.2) is 18.2 Å². The standard InChI is InChI=1S/C11H13FN2O/c12-5-6-14-10-3-2-9(13)7-8(10)1-4-11(14)15/h2-3,7H,1,4-6,13H2. The van der Waals surface area contributed by atoms with E-state index in [1.54, 1.807) is 12.1 Å². The van der Waals surface area contributed by atoms with E-state index in [-0.39, 0.29) is 12.5 Å². The third kappa shape index (κ3) is 1.79. The van der Waals surface area contributed by atoms with Crippen LogP contribution < -0.4 is 10.6 Å². The first-order valence-electron chi connectivity index (χ1n) is 4.97. The summed E-state index contributed by atoms with van der Waals surface area (Å²) in [6, 6.07) is 5.38. The molecule has 0 unspecified atom stereocenters. The summed E-state index contributed by atoms with van der Waals surface area (Å²) in [5.41, 5.74) is 8.18. The number of nitrogens with zero attached hydrogens (tertiary/aromatic N) is 1. The normalized spacial score (nSPS) is 15.3. The first-order valence-corrected chi connectivity index (χ1v) is 4.97. The molecule has 0 atom stereocenters. The number of fused-ring (bicyclic) bond motifs is 1. The van der Waals surface area contributed by atoms with Gasteiger partial charge in [0.05, 0.1) is 6.54 Å². The van der Waals surface area contributed by atoms with Crippen molar-refractivity contribution < 1.29 is 9.18 Å². The Morgan fingerprint density at radius 3 is 2.93 bits per heavy atom. The quantitative estimate of drug-likeness (QED) is 0.749. The first kappa shape index (κ1) is 9.96. The molecule has 0 bridgehead atoms. The van der Waals surface area contributed by atoms with Crippen LogP contribution in [0.4, 0.5) is 15.8 Å². The summed E-state index contributed by atoms with van der Waals surface area (Å²) in [4.78, 5) is 13.1. The maximum Gasteiger partial charge on any atom is 0.227 e. The van der Waals surface area contributed by atoms with Gasteiger partial charge < -0.3 is 10.6 Å². The van der Waals surface area contributed by atoms with E-state index in [1.165, 1.54) is 4.90 Å². The molecule has 0 radical (unpaired) electrons. The molecule has 0 saturated carbocycles. The fraction of sp³-hybridized carbons (Fsp3) is 0.364. The number of nitrogens with two attached hydrogens (primary N) is 1. The third-order valence-electron chi connectivity index (χ3n) is 2.61. The van der Waals surface area contributed by atoms with Gasteiger partial charge in [-0.3, -0.25) is 4.79 Å². The molecule has 1 heterocycles. The smallest absolute Gasteiger partial charge is 0.227 e. The van der Waals surface area contributed by atoms with E-state index in [0.29, 0.717) is 18.5 Å². The number of hydrogen-bond acceptors (Lipinski definition) is 2. The van der Waals surface area contributed by atoms with E-state index < -0.39 is 6.67 Å². The van der Waals surface area contributed by atoms with Gasteiger partial charge >= 0.3 is 0 Å². The molecule has 80 valence electrons. The average Bonchev–Trinajstić information content (AvgIpc) is 2.22. The molecule has 4 heteroatoms. The van der Waals surface area contributed by atoms with Crippen molar-refractivity contribution in [1.82, 2.24) is 0 Å². The lowest BCUT2D eigenvalue weighted by molar-refractivity contribution is -0.118. The van der Waals surface area contributed by atoms with Gasteiger partial charge in [-0.05, 0) is 30.2 Å². The Hall–Kier alpha value is -1.58. The highest BCUT2D eigenvalue weighted by atomic mass is 19.1. The second kappa shape index (κ2) is 3.88. The Bertz CT molecular complexity index is 392. The molecule has 0 saturated heterocycles. The predicted octanol–water partition coefficient (Wildman–Crippen LogP) is 1.52. The monoisotopic (exact) mass is 208 g/mol. The van der Waals surface area contributed by atoms with Gasteiger partial charge in [-0.25, -0.2) is 4.39 Å². The third-order valence-corrected chi connectivity index (χ3v) is 2.61. The Kier molecular flexibility index (Phi) is 2.58. The molecule has 1 aliphatic heterocycles. The van der Waals surface area contributed by atoms with Gasteiger partial charge in [0.25, 0.3) is 0 Å². The first-order chi connectivity index (χ1) is 7.22. The molecule has 0 fully saturated rings. The second-order valence-electron chi connectivity index (χ2n) is 3.62. The summed E-state index contributed by atoms with van der Waals surface area (Å²) in [7, 11) is 0. The van der Waals surface area contributed by atoms with Gasteiger partial charge in [0, 0.05) is 17.8 Å². The molecule has 1 aromatic rings. The fourth-order valence-corrected chi connectivity index (χ4v) is 1.91. The highest BCUT2D eigenvalue weighted by Crippen LogP contribution is 2.29. The molecular formula is C11H13FN2O. The van der Waals surface area contributed by atoms with Gasteiger partial charge in [-0.2, -0.15) is 0 Å². The van der Waals surface area contributed by atoms with Crippen LogP contribution in [0.1, 0.15) is 12.0 Å². The van der Waals surface area contributed by atoms with Crippen LogP contribution in [0.25, 0.3) is 0 Å². The number of halogens is 1. The molecule has 2 N–H and O–H groups in total. The summed E-state index contributed by atoms with van der Waals surface area (Å²) in [6.07, 6.45) is 1.14. The molecule has 2 rings (SSSR count). The molecule has 15 heavy (non-hydrogen) atoms. The molecule has 0 aliphatic carbocycles. The highest BCUT2D eigenvalue weighted by molar-refractivity contribution is 5.96. The second-order valence-corrected chi connectivity index (χ2v) is 3.62. The van der Waals surface area contributed by atoms with Gasteiger partial charge in [-0.1, -0.05) is 0 Å². The minimum absolute atomic E-state index is 0.00933. The van der Waals surface area contributed by atoms with E-state index >= 15 is 0 Å². The fourth-order valence-electron chi connectivity index (χ4n) is 1.91. The Morgan fingerprint density at radius 2 is 2.20 bits per heavy atom. The average molecular weight is 208 g/mol. The number of amides is 1. The largest absolute Gasteiger partial charge is 0.399 e. The number of aryl methyl sites for hydroxylation is 1. The maximum absolute atomic E-state index is 12.3. The summed E-state index contributed by atoms with van der Waals surface area (Å²) in [6.45, 7) is -0.384. The van der Waals surface area contributed by atoms with Crippen molar-refractivity contribution in [2.75, 3.05) is 23.9 Å². The molecule has 0 aromatic heterocycles. The van der Waals surface area contributed by atoms with Crippen LogP contribution >= 0.6 is 0 Å². The van der Waals surface area contributed by atoms with Crippen LogP contribution in [0.2, 0.25) is 0 Å². The zero-order chi connectivity index (χ0) is 10.8. The summed E-state index contributed by atoms with van der Waals surface area (Å²) < 4.78 is 12.3. The van der Waals surface area contributed by atoms with Crippen molar-refractivity contribution in [3.63, 3.8) is 0 Å². The van der Waals surface area contributed by atoms with E-state index in [2.05, 4.69) is 0 Å². The Labute approximate surface area is 87.7 Å². The lowest BCUT2D eigenvalue weighted by Crippen LogP contribution is -2.36. The van der Waals surface area contributed by atoms with E-state index in [9.17, 15) is 9.18 Å². The topological polar surface area (TPSA) is 46.3 Å². The minimum atomic E-state index is -0.518. The van der Waals surface area contributed by atoms with Gasteiger partial charge in [0.1, 0.15) is 6.67 Å². The Morgan fingerprint density at radius 1 is 1.40 bits per heavy atom. The predicted molar refractivity (Wildman–Crippen MR) is 57.5 cm³/mol. The number of alkyl halides is 1. The van der Waals surface area contributed by atoms with Crippen molar-refractivity contribution >= 4 is 17.3 Å². The lowest BCUT2D eigenvalue weighted by atomic mass is 10.0. The Balaban J connectivity index is 2.39. The van der Waals surface area contributed by atoms with E-state index in [0.717, 1.165) is 11.3 Å². The van der Waals surface area contributed by atoms with Crippen molar-refractivity contribution in [2.45, 2.75) is 12.8 Å². The summed E-state index contributed by atoms with van der Waals surface area (Å²) in [5, 5.41) is 0. The molecule has 1 aromatic carbocycles. The lowest BCUT2D eigenvalue weighted by Gasteiger charge is -2.28. The number of rotatable bonds is 2. The number of nitrogen functional groups attached to an aromatic ring is 1. The highest BCUT2D eigenvalue weighted by Gasteiger charge is 2.23. The van der Waals surface area contributed by atoms with Crippen LogP contribution in [0, 0.1) is 0 Å². The van der Waals surface area contributed by atoms with Gasteiger partial charge in [0.2, 0.25) is 5.91 Å². The van der Waals surface area contributed by atoms with Crippen molar-refractivity contribution in [3.8, 4) is 0 Å². The molecule has 3 nitrogen and oxygen atoms in total. The minimum Gasteiger partial charge on any atom is -0.399 e. The van der Waals surface area contributed by atoms with Crippen LogP contribution in [0.5, 0.6) is 0 Å². The van der Waals surface area contributed by atoms with Crippen molar-refractivity contribution in [2.24, 2.45) is 0 Å². The molecule has 1 aliphatic rings. The van der Waals surface area contributed by atoms with E-state index in [4.69, 9.17) is 5.73 Å². The number of anilines is 2. The number of carbonyl (C=O) groups is 1. The number of benzene rings is 1. The molecule has 1 amide bonds. The van der Waals surface area contributed by atoms with Crippen LogP contribution in [0.3, 0.4) is 0 Å². The van der Waals surface area contributed by atoms with Crippen molar-refractivity contribution in [1.29, 1.82) is 0 Å². The molecule has 0 spiro atoms.